The van der Waals surface area contributed by atoms with Gasteiger partial charge in [0, 0.05) is 29.7 Å². The Balaban J connectivity index is 2.11. The Kier molecular flexibility index (Phi) is 4.39. The molecule has 1 N–H and O–H groups in total. The Labute approximate surface area is 116 Å². The summed E-state index contributed by atoms with van der Waals surface area (Å²) in [7, 11) is 0. The number of aliphatic hydroxyl groups is 1. The topological polar surface area (TPSA) is 66.6 Å². The van der Waals surface area contributed by atoms with Crippen molar-refractivity contribution < 1.29 is 10.0 Å². The van der Waals surface area contributed by atoms with Gasteiger partial charge in [-0.25, -0.2) is 0 Å². The summed E-state index contributed by atoms with van der Waals surface area (Å²) in [4.78, 5) is 12.7. The van der Waals surface area contributed by atoms with Gasteiger partial charge in [0.1, 0.15) is 0 Å². The summed E-state index contributed by atoms with van der Waals surface area (Å²) in [6.45, 7) is 3.90. The van der Waals surface area contributed by atoms with E-state index in [9.17, 15) is 15.2 Å². The summed E-state index contributed by atoms with van der Waals surface area (Å²) in [5, 5.41) is 21.1. The highest BCUT2D eigenvalue weighted by molar-refractivity contribution is 6.30. The molecule has 0 radical (unpaired) electrons. The zero-order valence-electron chi connectivity index (χ0n) is 10.8. The standard InChI is InChI=1S/C13H17ClN2O3/c1-9(17)10-4-5-15(7-10)8-11-6-12(14)2-3-13(11)16(18)19/h2-3,6,9-10,17H,4-5,7-8H2,1H3. The SMILES string of the molecule is CC(O)C1CCN(Cc2cc(Cl)ccc2[N+](=O)[O-])C1. The molecule has 1 aromatic carbocycles. The van der Waals surface area contributed by atoms with Crippen molar-refractivity contribution in [1.29, 1.82) is 0 Å². The fourth-order valence-electron chi connectivity index (χ4n) is 2.50. The van der Waals surface area contributed by atoms with E-state index in [1.165, 1.54) is 12.1 Å². The zero-order valence-corrected chi connectivity index (χ0v) is 11.5. The van der Waals surface area contributed by atoms with Gasteiger partial charge >= 0.3 is 0 Å². The summed E-state index contributed by atoms with van der Waals surface area (Å²) in [6.07, 6.45) is 0.589. The molecule has 5 nitrogen and oxygen atoms in total. The summed E-state index contributed by atoms with van der Waals surface area (Å²) in [6, 6.07) is 4.63. The van der Waals surface area contributed by atoms with Gasteiger partial charge in [-0.1, -0.05) is 11.6 Å². The van der Waals surface area contributed by atoms with Crippen molar-refractivity contribution in [1.82, 2.24) is 4.90 Å². The van der Waals surface area contributed by atoms with Crippen LogP contribution in [0.25, 0.3) is 0 Å². The van der Waals surface area contributed by atoms with Crippen LogP contribution in [0, 0.1) is 16.0 Å². The van der Waals surface area contributed by atoms with Crippen LogP contribution in [0.3, 0.4) is 0 Å². The van der Waals surface area contributed by atoms with Crippen LogP contribution in [0.2, 0.25) is 5.02 Å². The van der Waals surface area contributed by atoms with E-state index in [1.54, 1.807) is 13.0 Å². The van der Waals surface area contributed by atoms with Crippen LogP contribution in [-0.2, 0) is 6.54 Å². The molecule has 6 heteroatoms. The van der Waals surface area contributed by atoms with Crippen molar-refractivity contribution in [3.8, 4) is 0 Å². The molecule has 1 fully saturated rings. The van der Waals surface area contributed by atoms with E-state index < -0.39 is 0 Å². The maximum atomic E-state index is 11.0. The first-order valence-electron chi connectivity index (χ1n) is 6.30. The van der Waals surface area contributed by atoms with Crippen LogP contribution in [0.4, 0.5) is 5.69 Å². The number of likely N-dealkylation sites (tertiary alicyclic amines) is 1. The van der Waals surface area contributed by atoms with Crippen LogP contribution in [0.1, 0.15) is 18.9 Å². The second-order valence-electron chi connectivity index (χ2n) is 5.05. The van der Waals surface area contributed by atoms with Gasteiger partial charge < -0.3 is 5.11 Å². The first kappa shape index (κ1) is 14.2. The van der Waals surface area contributed by atoms with E-state index in [1.807, 2.05) is 0 Å². The Hall–Kier alpha value is -1.17. The van der Waals surface area contributed by atoms with Crippen LogP contribution in [-0.4, -0.2) is 34.1 Å². The normalized spacial score (nSPS) is 21.5. The third kappa shape index (κ3) is 3.43. The highest BCUT2D eigenvalue weighted by Crippen LogP contribution is 2.27. The molecule has 1 aliphatic rings. The van der Waals surface area contributed by atoms with E-state index in [4.69, 9.17) is 11.6 Å². The summed E-state index contributed by atoms with van der Waals surface area (Å²) >= 11 is 5.90. The lowest BCUT2D eigenvalue weighted by molar-refractivity contribution is -0.385. The van der Waals surface area contributed by atoms with E-state index in [0.29, 0.717) is 17.1 Å². The maximum Gasteiger partial charge on any atom is 0.273 e. The number of benzene rings is 1. The van der Waals surface area contributed by atoms with Crippen molar-refractivity contribution in [2.75, 3.05) is 13.1 Å². The van der Waals surface area contributed by atoms with Crippen LogP contribution < -0.4 is 0 Å². The van der Waals surface area contributed by atoms with Crippen molar-refractivity contribution in [3.63, 3.8) is 0 Å². The number of rotatable bonds is 4. The average molecular weight is 285 g/mol. The molecule has 1 heterocycles. The molecule has 104 valence electrons. The number of halogens is 1. The molecular formula is C13H17ClN2O3. The minimum absolute atomic E-state index is 0.102. The fourth-order valence-corrected chi connectivity index (χ4v) is 2.69. The molecule has 1 aliphatic heterocycles. The van der Waals surface area contributed by atoms with Crippen LogP contribution in [0.15, 0.2) is 18.2 Å². The first-order chi connectivity index (χ1) is 8.97. The number of nitro groups is 1. The van der Waals surface area contributed by atoms with Crippen molar-refractivity contribution >= 4 is 17.3 Å². The number of hydrogen-bond acceptors (Lipinski definition) is 4. The molecule has 2 unspecified atom stereocenters. The lowest BCUT2D eigenvalue weighted by Gasteiger charge is -2.17. The highest BCUT2D eigenvalue weighted by atomic mass is 35.5. The molecule has 0 spiro atoms. The quantitative estimate of drug-likeness (QED) is 0.681. The summed E-state index contributed by atoms with van der Waals surface area (Å²) in [5.74, 6) is 0.248. The van der Waals surface area contributed by atoms with Gasteiger partial charge in [0.25, 0.3) is 5.69 Å². The van der Waals surface area contributed by atoms with Gasteiger partial charge in [-0.15, -0.1) is 0 Å². The van der Waals surface area contributed by atoms with Crippen molar-refractivity contribution in [3.05, 3.63) is 38.9 Å². The molecule has 0 aliphatic carbocycles. The Morgan fingerprint density at radius 3 is 2.95 bits per heavy atom. The molecule has 0 bridgehead atoms. The Morgan fingerprint density at radius 1 is 1.63 bits per heavy atom. The average Bonchev–Trinajstić information content (AvgIpc) is 2.77. The molecule has 1 saturated heterocycles. The van der Waals surface area contributed by atoms with E-state index in [2.05, 4.69) is 4.90 Å². The van der Waals surface area contributed by atoms with Crippen LogP contribution in [0.5, 0.6) is 0 Å². The molecule has 1 aromatic rings. The Bertz CT molecular complexity index is 479. The van der Waals surface area contributed by atoms with Gasteiger partial charge in [-0.3, -0.25) is 15.0 Å². The van der Waals surface area contributed by atoms with E-state index >= 15 is 0 Å². The Morgan fingerprint density at radius 2 is 2.37 bits per heavy atom. The second-order valence-corrected chi connectivity index (χ2v) is 5.49. The summed E-state index contributed by atoms with van der Waals surface area (Å²) in [5.41, 5.74) is 0.730. The molecule has 0 saturated carbocycles. The molecular weight excluding hydrogens is 268 g/mol. The largest absolute Gasteiger partial charge is 0.393 e. The zero-order chi connectivity index (χ0) is 14.0. The third-order valence-electron chi connectivity index (χ3n) is 3.62. The third-order valence-corrected chi connectivity index (χ3v) is 3.86. The number of nitrogens with zero attached hydrogens (tertiary/aromatic N) is 2. The van der Waals surface area contributed by atoms with E-state index in [0.717, 1.165) is 19.5 Å². The molecule has 2 atom stereocenters. The number of hydrogen-bond donors (Lipinski definition) is 1. The van der Waals surface area contributed by atoms with Crippen molar-refractivity contribution in [2.24, 2.45) is 5.92 Å². The van der Waals surface area contributed by atoms with Crippen LogP contribution >= 0.6 is 11.6 Å². The smallest absolute Gasteiger partial charge is 0.273 e. The van der Waals surface area contributed by atoms with Gasteiger partial charge in [0.15, 0.2) is 0 Å². The van der Waals surface area contributed by atoms with E-state index in [-0.39, 0.29) is 22.6 Å². The predicted molar refractivity (Wildman–Crippen MR) is 73.2 cm³/mol. The monoisotopic (exact) mass is 284 g/mol. The number of aliphatic hydroxyl groups excluding tert-OH is 1. The lowest BCUT2D eigenvalue weighted by Crippen LogP contribution is -2.24. The van der Waals surface area contributed by atoms with Gasteiger partial charge in [0.2, 0.25) is 0 Å². The number of nitro benzene ring substituents is 1. The minimum atomic E-state index is -0.381. The predicted octanol–water partition coefficient (Wildman–Crippen LogP) is 2.45. The molecule has 0 amide bonds. The maximum absolute atomic E-state index is 11.0. The fraction of sp³-hybridized carbons (Fsp3) is 0.538. The van der Waals surface area contributed by atoms with Gasteiger partial charge in [-0.2, -0.15) is 0 Å². The highest BCUT2D eigenvalue weighted by Gasteiger charge is 2.27. The van der Waals surface area contributed by atoms with Gasteiger partial charge in [-0.05, 0) is 37.9 Å². The molecule has 0 aromatic heterocycles. The van der Waals surface area contributed by atoms with Gasteiger partial charge in [0.05, 0.1) is 11.0 Å². The summed E-state index contributed by atoms with van der Waals surface area (Å²) < 4.78 is 0. The molecule has 19 heavy (non-hydrogen) atoms. The first-order valence-corrected chi connectivity index (χ1v) is 6.68. The minimum Gasteiger partial charge on any atom is -0.393 e. The van der Waals surface area contributed by atoms with Crippen molar-refractivity contribution in [2.45, 2.75) is 26.0 Å². The second kappa shape index (κ2) is 5.86. The lowest BCUT2D eigenvalue weighted by atomic mass is 10.0. The molecule has 2 rings (SSSR count).